The van der Waals surface area contributed by atoms with E-state index in [0.29, 0.717) is 24.5 Å². The SMILES string of the molecule is CC(C)Oc1cncc(C(=O)C2CN(C)CCO2)c1. The molecule has 1 unspecified atom stereocenters. The average Bonchev–Trinajstić information content (AvgIpc) is 2.37. The molecular formula is C14H20N2O3. The molecule has 2 rings (SSSR count). The molecule has 0 radical (unpaired) electrons. The summed E-state index contributed by atoms with van der Waals surface area (Å²) in [6.45, 7) is 5.94. The summed E-state index contributed by atoms with van der Waals surface area (Å²) in [5.74, 6) is 0.582. The van der Waals surface area contributed by atoms with Crippen molar-refractivity contribution in [3.63, 3.8) is 0 Å². The maximum absolute atomic E-state index is 12.3. The fourth-order valence-electron chi connectivity index (χ4n) is 2.01. The first-order valence-electron chi connectivity index (χ1n) is 6.52. The highest BCUT2D eigenvalue weighted by atomic mass is 16.5. The molecule has 1 aliphatic heterocycles. The highest BCUT2D eigenvalue weighted by molar-refractivity contribution is 5.99. The van der Waals surface area contributed by atoms with Gasteiger partial charge in [0.25, 0.3) is 0 Å². The van der Waals surface area contributed by atoms with Crippen LogP contribution in [0.2, 0.25) is 0 Å². The number of hydrogen-bond acceptors (Lipinski definition) is 5. The Balaban J connectivity index is 2.10. The average molecular weight is 264 g/mol. The largest absolute Gasteiger partial charge is 0.489 e. The fourth-order valence-corrected chi connectivity index (χ4v) is 2.01. The van der Waals surface area contributed by atoms with Gasteiger partial charge in [0, 0.05) is 24.8 Å². The van der Waals surface area contributed by atoms with Crippen LogP contribution in [0, 0.1) is 0 Å². The van der Waals surface area contributed by atoms with Crippen LogP contribution in [0.4, 0.5) is 0 Å². The van der Waals surface area contributed by atoms with Gasteiger partial charge in [-0.05, 0) is 27.0 Å². The van der Waals surface area contributed by atoms with Crippen LogP contribution in [0.5, 0.6) is 5.75 Å². The number of Topliss-reactive ketones (excluding diaryl/α,β-unsaturated/α-hetero) is 1. The molecule has 1 aromatic rings. The molecule has 1 aromatic heterocycles. The Labute approximate surface area is 113 Å². The third-order valence-corrected chi connectivity index (χ3v) is 2.93. The van der Waals surface area contributed by atoms with Crippen molar-refractivity contribution in [1.29, 1.82) is 0 Å². The van der Waals surface area contributed by atoms with Gasteiger partial charge in [-0.2, -0.15) is 0 Å². The Hall–Kier alpha value is -1.46. The van der Waals surface area contributed by atoms with Crippen molar-refractivity contribution in [2.24, 2.45) is 0 Å². The molecule has 5 nitrogen and oxygen atoms in total. The Kier molecular flexibility index (Phi) is 4.50. The Morgan fingerprint density at radius 3 is 3.00 bits per heavy atom. The van der Waals surface area contributed by atoms with Crippen LogP contribution in [0.1, 0.15) is 24.2 Å². The number of likely N-dealkylation sites (N-methyl/N-ethyl adjacent to an activating group) is 1. The van der Waals surface area contributed by atoms with Gasteiger partial charge < -0.3 is 14.4 Å². The van der Waals surface area contributed by atoms with Crippen LogP contribution in [-0.4, -0.2) is 54.6 Å². The highest BCUT2D eigenvalue weighted by Gasteiger charge is 2.26. The van der Waals surface area contributed by atoms with Gasteiger partial charge in [0.1, 0.15) is 11.9 Å². The van der Waals surface area contributed by atoms with Crippen LogP contribution in [0.3, 0.4) is 0 Å². The minimum Gasteiger partial charge on any atom is -0.489 e. The number of pyridine rings is 1. The second-order valence-corrected chi connectivity index (χ2v) is 5.06. The predicted octanol–water partition coefficient (Wildman–Crippen LogP) is 1.38. The van der Waals surface area contributed by atoms with E-state index in [1.165, 1.54) is 0 Å². The summed E-state index contributed by atoms with van der Waals surface area (Å²) in [6.07, 6.45) is 2.83. The Morgan fingerprint density at radius 2 is 2.32 bits per heavy atom. The van der Waals surface area contributed by atoms with Crippen molar-refractivity contribution >= 4 is 5.78 Å². The standard InChI is InChI=1S/C14H20N2O3/c1-10(2)19-12-6-11(7-15-8-12)14(17)13-9-16(3)4-5-18-13/h6-8,10,13H,4-5,9H2,1-3H3. The molecule has 0 amide bonds. The zero-order chi connectivity index (χ0) is 13.8. The van der Waals surface area contributed by atoms with Gasteiger partial charge in [-0.15, -0.1) is 0 Å². The predicted molar refractivity (Wildman–Crippen MR) is 71.6 cm³/mol. The molecule has 2 heterocycles. The number of nitrogens with zero attached hydrogens (tertiary/aromatic N) is 2. The first-order chi connectivity index (χ1) is 9.06. The minimum absolute atomic E-state index is 0.0340. The van der Waals surface area contributed by atoms with E-state index in [0.717, 1.165) is 6.54 Å². The maximum atomic E-state index is 12.3. The van der Waals surface area contributed by atoms with E-state index < -0.39 is 6.10 Å². The molecule has 1 atom stereocenters. The van der Waals surface area contributed by atoms with Crippen LogP contribution in [-0.2, 0) is 4.74 Å². The Bertz CT molecular complexity index is 448. The number of carbonyl (C=O) groups is 1. The van der Waals surface area contributed by atoms with E-state index in [-0.39, 0.29) is 11.9 Å². The molecular weight excluding hydrogens is 244 g/mol. The molecule has 19 heavy (non-hydrogen) atoms. The smallest absolute Gasteiger partial charge is 0.194 e. The first kappa shape index (κ1) is 14.0. The summed E-state index contributed by atoms with van der Waals surface area (Å²) < 4.78 is 11.1. The number of rotatable bonds is 4. The van der Waals surface area contributed by atoms with E-state index in [9.17, 15) is 4.79 Å². The number of ether oxygens (including phenoxy) is 2. The first-order valence-corrected chi connectivity index (χ1v) is 6.52. The van der Waals surface area contributed by atoms with Crippen molar-refractivity contribution in [1.82, 2.24) is 9.88 Å². The fraction of sp³-hybridized carbons (Fsp3) is 0.571. The third-order valence-electron chi connectivity index (χ3n) is 2.93. The van der Waals surface area contributed by atoms with Crippen LogP contribution >= 0.6 is 0 Å². The number of aromatic nitrogens is 1. The molecule has 0 bridgehead atoms. The highest BCUT2D eigenvalue weighted by Crippen LogP contribution is 2.16. The summed E-state index contributed by atoms with van der Waals surface area (Å²) in [4.78, 5) is 18.5. The number of carbonyl (C=O) groups excluding carboxylic acids is 1. The lowest BCUT2D eigenvalue weighted by molar-refractivity contribution is -0.00866. The second kappa shape index (κ2) is 6.12. The molecule has 104 valence electrons. The summed E-state index contributed by atoms with van der Waals surface area (Å²) in [5, 5.41) is 0. The van der Waals surface area contributed by atoms with Crippen LogP contribution < -0.4 is 4.74 Å². The molecule has 0 aromatic carbocycles. The van der Waals surface area contributed by atoms with E-state index in [4.69, 9.17) is 9.47 Å². The van der Waals surface area contributed by atoms with Crippen molar-refractivity contribution in [2.75, 3.05) is 26.7 Å². The van der Waals surface area contributed by atoms with Crippen molar-refractivity contribution < 1.29 is 14.3 Å². The van der Waals surface area contributed by atoms with Gasteiger partial charge in [-0.3, -0.25) is 9.78 Å². The lowest BCUT2D eigenvalue weighted by atomic mass is 10.1. The van der Waals surface area contributed by atoms with E-state index >= 15 is 0 Å². The maximum Gasteiger partial charge on any atom is 0.194 e. The number of hydrogen-bond donors (Lipinski definition) is 0. The van der Waals surface area contributed by atoms with Crippen LogP contribution in [0.15, 0.2) is 18.5 Å². The lowest BCUT2D eigenvalue weighted by Crippen LogP contribution is -2.44. The molecule has 1 fully saturated rings. The quantitative estimate of drug-likeness (QED) is 0.769. The Morgan fingerprint density at radius 1 is 1.53 bits per heavy atom. The van der Waals surface area contributed by atoms with Crippen molar-refractivity contribution in [2.45, 2.75) is 26.1 Å². The van der Waals surface area contributed by atoms with E-state index in [2.05, 4.69) is 9.88 Å². The van der Waals surface area contributed by atoms with Gasteiger partial charge in [-0.1, -0.05) is 0 Å². The monoisotopic (exact) mass is 264 g/mol. The molecule has 1 aliphatic rings. The molecule has 5 heteroatoms. The number of ketones is 1. The number of morpholine rings is 1. The van der Waals surface area contributed by atoms with Crippen molar-refractivity contribution in [3.05, 3.63) is 24.0 Å². The summed E-state index contributed by atoms with van der Waals surface area (Å²) in [7, 11) is 1.99. The van der Waals surface area contributed by atoms with Crippen molar-refractivity contribution in [3.8, 4) is 5.75 Å². The summed E-state index contributed by atoms with van der Waals surface area (Å²) in [6, 6.07) is 1.73. The second-order valence-electron chi connectivity index (χ2n) is 5.06. The molecule has 0 N–H and O–H groups in total. The molecule has 0 saturated carbocycles. The van der Waals surface area contributed by atoms with E-state index in [1.54, 1.807) is 18.5 Å². The molecule has 0 spiro atoms. The van der Waals surface area contributed by atoms with Gasteiger partial charge >= 0.3 is 0 Å². The van der Waals surface area contributed by atoms with Gasteiger partial charge in [0.2, 0.25) is 0 Å². The normalized spacial score (nSPS) is 20.5. The van der Waals surface area contributed by atoms with Gasteiger partial charge in [0.15, 0.2) is 5.78 Å². The topological polar surface area (TPSA) is 51.7 Å². The third kappa shape index (κ3) is 3.75. The summed E-state index contributed by atoms with van der Waals surface area (Å²) in [5.41, 5.74) is 0.540. The van der Waals surface area contributed by atoms with Gasteiger partial charge in [-0.25, -0.2) is 0 Å². The minimum atomic E-state index is -0.408. The lowest BCUT2D eigenvalue weighted by Gasteiger charge is -2.29. The van der Waals surface area contributed by atoms with Crippen LogP contribution in [0.25, 0.3) is 0 Å². The zero-order valence-electron chi connectivity index (χ0n) is 11.6. The zero-order valence-corrected chi connectivity index (χ0v) is 11.6. The van der Waals surface area contributed by atoms with E-state index in [1.807, 2.05) is 20.9 Å². The van der Waals surface area contributed by atoms with Gasteiger partial charge in [0.05, 0.1) is 18.9 Å². The molecule has 0 aliphatic carbocycles. The molecule has 1 saturated heterocycles. The summed E-state index contributed by atoms with van der Waals surface area (Å²) >= 11 is 0.